The van der Waals surface area contributed by atoms with Crippen LogP contribution in [-0.4, -0.2) is 60.0 Å². The van der Waals surface area contributed by atoms with Crippen molar-refractivity contribution >= 4 is 23.7 Å². The van der Waals surface area contributed by atoms with Crippen LogP contribution in [0, 0.1) is 5.92 Å². The molecule has 0 aliphatic carbocycles. The quantitative estimate of drug-likeness (QED) is 0.212. The molecule has 27 heavy (non-hydrogen) atoms. The van der Waals surface area contributed by atoms with Gasteiger partial charge in [0.1, 0.15) is 18.6 Å². The second-order valence-corrected chi connectivity index (χ2v) is 6.62. The molecule has 0 spiro atoms. The number of carbonyl (C=O) groups excluding carboxylic acids is 3. The fourth-order valence-corrected chi connectivity index (χ4v) is 2.30. The summed E-state index contributed by atoms with van der Waals surface area (Å²) in [4.78, 5) is 47.5. The van der Waals surface area contributed by atoms with E-state index in [1.165, 1.54) is 6.92 Å². The zero-order valence-electron chi connectivity index (χ0n) is 16.3. The molecule has 0 saturated carbocycles. The van der Waals surface area contributed by atoms with Gasteiger partial charge < -0.3 is 32.5 Å². The molecule has 0 aliphatic heterocycles. The second kappa shape index (κ2) is 13.0. The number of nitrogens with one attached hydrogen (secondary N) is 3. The van der Waals surface area contributed by atoms with Crippen LogP contribution in [0.3, 0.4) is 0 Å². The van der Waals surface area contributed by atoms with Crippen LogP contribution in [0.2, 0.25) is 0 Å². The first-order valence-corrected chi connectivity index (χ1v) is 9.19. The van der Waals surface area contributed by atoms with E-state index < -0.39 is 48.4 Å². The molecular formula is C17H33N5O5. The van der Waals surface area contributed by atoms with Crippen LogP contribution < -0.4 is 27.4 Å². The molecule has 10 heteroatoms. The van der Waals surface area contributed by atoms with Gasteiger partial charge >= 0.3 is 5.97 Å². The number of nitrogens with two attached hydrogens (primary N) is 2. The highest BCUT2D eigenvalue weighted by Gasteiger charge is 2.30. The van der Waals surface area contributed by atoms with Crippen molar-refractivity contribution in [1.82, 2.24) is 16.0 Å². The van der Waals surface area contributed by atoms with E-state index in [0.29, 0.717) is 32.2 Å². The predicted octanol–water partition coefficient (Wildman–Crippen LogP) is -1.32. The molecule has 3 amide bonds. The van der Waals surface area contributed by atoms with Crippen LogP contribution in [0.1, 0.15) is 46.5 Å². The normalized spacial score (nSPS) is 15.1. The molecule has 156 valence electrons. The van der Waals surface area contributed by atoms with E-state index in [9.17, 15) is 19.2 Å². The van der Waals surface area contributed by atoms with Crippen molar-refractivity contribution in [3.8, 4) is 0 Å². The van der Waals surface area contributed by atoms with Gasteiger partial charge in [-0.1, -0.05) is 20.3 Å². The lowest BCUT2D eigenvalue weighted by Crippen LogP contribution is -2.57. The average molecular weight is 387 g/mol. The number of unbranched alkanes of at least 4 members (excludes halogenated alkanes) is 1. The Morgan fingerprint density at radius 1 is 1.00 bits per heavy atom. The van der Waals surface area contributed by atoms with E-state index >= 15 is 0 Å². The number of carbonyl (C=O) groups is 4. The van der Waals surface area contributed by atoms with Gasteiger partial charge in [-0.15, -0.1) is 0 Å². The van der Waals surface area contributed by atoms with Crippen LogP contribution >= 0.6 is 0 Å². The molecule has 0 aromatic heterocycles. The van der Waals surface area contributed by atoms with Crippen molar-refractivity contribution in [2.24, 2.45) is 17.4 Å². The van der Waals surface area contributed by atoms with Crippen molar-refractivity contribution in [3.63, 3.8) is 0 Å². The number of hydrogen-bond donors (Lipinski definition) is 6. The Morgan fingerprint density at radius 2 is 1.63 bits per heavy atom. The van der Waals surface area contributed by atoms with Gasteiger partial charge in [-0.2, -0.15) is 0 Å². The average Bonchev–Trinajstić information content (AvgIpc) is 2.62. The number of amides is 3. The lowest BCUT2D eigenvalue weighted by atomic mass is 9.97. The third-order valence-electron chi connectivity index (χ3n) is 4.20. The molecule has 4 atom stereocenters. The highest BCUT2D eigenvalue weighted by atomic mass is 16.4. The summed E-state index contributed by atoms with van der Waals surface area (Å²) in [5.41, 5.74) is 11.0. The third kappa shape index (κ3) is 9.90. The minimum Gasteiger partial charge on any atom is -0.480 e. The molecule has 10 nitrogen and oxygen atoms in total. The Kier molecular flexibility index (Phi) is 12.0. The van der Waals surface area contributed by atoms with Gasteiger partial charge in [-0.25, -0.2) is 0 Å². The lowest BCUT2D eigenvalue weighted by molar-refractivity contribution is -0.138. The fraction of sp³-hybridized carbons (Fsp3) is 0.765. The maximum atomic E-state index is 12.7. The first-order valence-electron chi connectivity index (χ1n) is 9.19. The molecule has 0 rings (SSSR count). The van der Waals surface area contributed by atoms with E-state index in [4.69, 9.17) is 16.6 Å². The van der Waals surface area contributed by atoms with Gasteiger partial charge in [-0.05, 0) is 38.6 Å². The highest BCUT2D eigenvalue weighted by molar-refractivity contribution is 5.93. The fourth-order valence-electron chi connectivity index (χ4n) is 2.30. The minimum absolute atomic E-state index is 0.181. The molecule has 0 heterocycles. The van der Waals surface area contributed by atoms with Crippen molar-refractivity contribution in [1.29, 1.82) is 0 Å². The van der Waals surface area contributed by atoms with Crippen LogP contribution in [0.4, 0.5) is 0 Å². The van der Waals surface area contributed by atoms with Gasteiger partial charge in [0.05, 0.1) is 6.04 Å². The Balaban J connectivity index is 5.17. The summed E-state index contributed by atoms with van der Waals surface area (Å²) in [6, 6.07) is -2.54. The van der Waals surface area contributed by atoms with Crippen LogP contribution in [-0.2, 0) is 19.2 Å². The smallest absolute Gasteiger partial charge is 0.322 e. The Morgan fingerprint density at radius 3 is 2.11 bits per heavy atom. The zero-order chi connectivity index (χ0) is 21.0. The molecule has 0 fully saturated rings. The van der Waals surface area contributed by atoms with E-state index in [-0.39, 0.29) is 5.92 Å². The molecule has 0 saturated heterocycles. The largest absolute Gasteiger partial charge is 0.480 e. The summed E-state index contributed by atoms with van der Waals surface area (Å²) in [7, 11) is 0. The van der Waals surface area contributed by atoms with Crippen LogP contribution in [0.25, 0.3) is 0 Å². The molecule has 0 radical (unpaired) electrons. The first-order chi connectivity index (χ1) is 12.6. The zero-order valence-corrected chi connectivity index (χ0v) is 16.3. The van der Waals surface area contributed by atoms with Crippen molar-refractivity contribution in [3.05, 3.63) is 0 Å². The summed E-state index contributed by atoms with van der Waals surface area (Å²) >= 11 is 0. The molecule has 0 aliphatic rings. The van der Waals surface area contributed by atoms with Gasteiger partial charge in [0.2, 0.25) is 17.7 Å². The summed E-state index contributed by atoms with van der Waals surface area (Å²) in [6.45, 7) is 5.09. The van der Waals surface area contributed by atoms with Gasteiger partial charge in [0, 0.05) is 0 Å². The number of rotatable bonds is 13. The molecular weight excluding hydrogens is 354 g/mol. The van der Waals surface area contributed by atoms with E-state index in [2.05, 4.69) is 16.0 Å². The molecule has 4 unspecified atom stereocenters. The summed E-state index contributed by atoms with van der Waals surface area (Å²) < 4.78 is 0. The Hall–Kier alpha value is -2.20. The maximum absolute atomic E-state index is 12.7. The third-order valence-corrected chi connectivity index (χ3v) is 4.20. The highest BCUT2D eigenvalue weighted by Crippen LogP contribution is 2.10. The SMILES string of the molecule is CCC(C)C(NC(=O)C(C)N)C(=O)NC(CCCCN)C(=O)NCC(=O)O. The first kappa shape index (κ1) is 24.8. The van der Waals surface area contributed by atoms with Crippen molar-refractivity contribution in [2.45, 2.75) is 64.6 Å². The van der Waals surface area contributed by atoms with Crippen LogP contribution in [0.15, 0.2) is 0 Å². The summed E-state index contributed by atoms with van der Waals surface area (Å²) in [6.07, 6.45) is 2.18. The predicted molar refractivity (Wildman–Crippen MR) is 101 cm³/mol. The van der Waals surface area contributed by atoms with E-state index in [1.54, 1.807) is 6.92 Å². The van der Waals surface area contributed by atoms with Crippen molar-refractivity contribution in [2.75, 3.05) is 13.1 Å². The number of hydrogen-bond acceptors (Lipinski definition) is 6. The maximum Gasteiger partial charge on any atom is 0.322 e. The summed E-state index contributed by atoms with van der Waals surface area (Å²) in [5, 5.41) is 16.2. The topological polar surface area (TPSA) is 177 Å². The lowest BCUT2D eigenvalue weighted by Gasteiger charge is -2.27. The molecule has 0 aromatic carbocycles. The number of carboxylic acids is 1. The van der Waals surface area contributed by atoms with Gasteiger partial charge in [0.25, 0.3) is 0 Å². The van der Waals surface area contributed by atoms with E-state index in [1.807, 2.05) is 6.92 Å². The number of carboxylic acid groups (broad SMARTS) is 1. The molecule has 0 aromatic rings. The molecule has 8 N–H and O–H groups in total. The Labute approximate surface area is 159 Å². The van der Waals surface area contributed by atoms with Crippen molar-refractivity contribution < 1.29 is 24.3 Å². The van der Waals surface area contributed by atoms with Crippen LogP contribution in [0.5, 0.6) is 0 Å². The van der Waals surface area contributed by atoms with Gasteiger partial charge in [-0.3, -0.25) is 19.2 Å². The molecule has 0 bridgehead atoms. The Bertz CT molecular complexity index is 512. The minimum atomic E-state index is -1.18. The van der Waals surface area contributed by atoms with Gasteiger partial charge in [0.15, 0.2) is 0 Å². The number of aliphatic carboxylic acids is 1. The standard InChI is InChI=1S/C17H33N5O5/c1-4-10(2)14(22-15(25)11(3)19)17(27)21-12(7-5-6-8-18)16(26)20-9-13(23)24/h10-12,14H,4-9,18-19H2,1-3H3,(H,20,26)(H,21,27)(H,22,25)(H,23,24). The monoisotopic (exact) mass is 387 g/mol. The van der Waals surface area contributed by atoms with E-state index in [0.717, 1.165) is 0 Å². The second-order valence-electron chi connectivity index (χ2n) is 6.62. The summed E-state index contributed by atoms with van der Waals surface area (Å²) in [5.74, 6) is -2.94.